The van der Waals surface area contributed by atoms with E-state index in [1.54, 1.807) is 44.5 Å². The Morgan fingerprint density at radius 3 is 2.43 bits per heavy atom. The number of aryl methyl sites for hydroxylation is 1. The zero-order valence-electron chi connectivity index (χ0n) is 20.2. The number of nitrogens with zero attached hydrogens (tertiary/aromatic N) is 5. The highest BCUT2D eigenvalue weighted by molar-refractivity contribution is 5.88. The van der Waals surface area contributed by atoms with Crippen molar-refractivity contribution in [2.45, 2.75) is 0 Å². The van der Waals surface area contributed by atoms with E-state index in [9.17, 15) is 4.79 Å². The molecule has 2 aromatic carbocycles. The van der Waals surface area contributed by atoms with Crippen molar-refractivity contribution in [2.24, 2.45) is 7.05 Å². The Hall–Kier alpha value is -4.18. The molecule has 0 bridgehead atoms. The minimum absolute atomic E-state index is 0.0707. The van der Waals surface area contributed by atoms with Gasteiger partial charge in [-0.1, -0.05) is 0 Å². The third kappa shape index (κ3) is 5.67. The molecule has 0 spiro atoms. The highest BCUT2D eigenvalue weighted by Crippen LogP contribution is 2.34. The lowest BCUT2D eigenvalue weighted by Crippen LogP contribution is -2.36. The van der Waals surface area contributed by atoms with Crippen LogP contribution in [0.4, 0.5) is 11.4 Å². The number of ether oxygens (including phenoxy) is 3. The predicted molar refractivity (Wildman–Crippen MR) is 133 cm³/mol. The molecule has 0 aliphatic carbocycles. The molecule has 4 rings (SSSR count). The molecule has 2 aromatic heterocycles. The molecule has 182 valence electrons. The number of methoxy groups -OCH3 is 3. The van der Waals surface area contributed by atoms with E-state index in [1.807, 2.05) is 48.5 Å². The van der Waals surface area contributed by atoms with Gasteiger partial charge in [-0.2, -0.15) is 5.10 Å². The number of benzene rings is 2. The second-order valence-electron chi connectivity index (χ2n) is 7.83. The molecule has 0 unspecified atom stereocenters. The molecule has 2 heterocycles. The maximum Gasteiger partial charge on any atom is 0.240 e. The van der Waals surface area contributed by atoms with Crippen LogP contribution in [0.2, 0.25) is 0 Å². The summed E-state index contributed by atoms with van der Waals surface area (Å²) in [5.74, 6) is 1.08. The van der Waals surface area contributed by atoms with Crippen LogP contribution in [0.1, 0.15) is 0 Å². The van der Waals surface area contributed by atoms with Crippen LogP contribution in [-0.2, 0) is 16.6 Å². The Labute approximate surface area is 203 Å². The van der Waals surface area contributed by atoms with Crippen LogP contribution >= 0.6 is 0 Å². The summed E-state index contributed by atoms with van der Waals surface area (Å²) < 4.78 is 17.7. The van der Waals surface area contributed by atoms with Gasteiger partial charge in [0.05, 0.1) is 49.9 Å². The summed E-state index contributed by atoms with van der Waals surface area (Å²) in [6.45, 7) is 0.922. The molecule has 0 aliphatic rings. The van der Waals surface area contributed by atoms with Gasteiger partial charge in [-0.3, -0.25) is 14.5 Å². The number of hydrogen-bond acceptors (Lipinski definition) is 8. The summed E-state index contributed by atoms with van der Waals surface area (Å²) in [5.41, 5.74) is 4.54. The first-order chi connectivity index (χ1) is 17.0. The fourth-order valence-electron chi connectivity index (χ4n) is 3.63. The molecule has 0 saturated carbocycles. The number of fused-ring (bicyclic) bond motifs is 1. The number of anilines is 2. The van der Waals surface area contributed by atoms with Crippen LogP contribution in [0.3, 0.4) is 0 Å². The van der Waals surface area contributed by atoms with E-state index in [1.165, 1.54) is 0 Å². The van der Waals surface area contributed by atoms with Gasteiger partial charge in [-0.15, -0.1) is 0 Å². The molecule has 35 heavy (non-hydrogen) atoms. The highest BCUT2D eigenvalue weighted by atomic mass is 16.5. The van der Waals surface area contributed by atoms with Gasteiger partial charge < -0.3 is 24.4 Å². The smallest absolute Gasteiger partial charge is 0.240 e. The first-order valence-corrected chi connectivity index (χ1v) is 11.0. The zero-order chi connectivity index (χ0) is 24.8. The van der Waals surface area contributed by atoms with E-state index in [0.29, 0.717) is 30.2 Å². The molecule has 1 N–H and O–H groups in total. The number of rotatable bonds is 10. The van der Waals surface area contributed by atoms with Crippen molar-refractivity contribution in [3.8, 4) is 22.8 Å². The van der Waals surface area contributed by atoms with E-state index >= 15 is 0 Å². The summed E-state index contributed by atoms with van der Waals surface area (Å²) in [7, 11) is 6.63. The lowest BCUT2D eigenvalue weighted by atomic mass is 10.2. The van der Waals surface area contributed by atoms with Crippen molar-refractivity contribution in [3.05, 3.63) is 55.0 Å². The molecular formula is C25H28N6O4. The van der Waals surface area contributed by atoms with Crippen molar-refractivity contribution in [2.75, 3.05) is 45.9 Å². The Kier molecular flexibility index (Phi) is 7.41. The van der Waals surface area contributed by atoms with Crippen LogP contribution < -0.4 is 19.7 Å². The topological polar surface area (TPSA) is 104 Å². The van der Waals surface area contributed by atoms with E-state index in [0.717, 1.165) is 28.1 Å². The number of hydrogen-bond donors (Lipinski definition) is 1. The lowest BCUT2D eigenvalue weighted by Gasteiger charge is -2.25. The second-order valence-corrected chi connectivity index (χ2v) is 7.83. The minimum Gasteiger partial charge on any atom is -0.497 e. The maximum atomic E-state index is 12.8. The lowest BCUT2D eigenvalue weighted by molar-refractivity contribution is -0.119. The van der Waals surface area contributed by atoms with Gasteiger partial charge >= 0.3 is 0 Å². The van der Waals surface area contributed by atoms with Gasteiger partial charge in [-0.25, -0.2) is 4.98 Å². The summed E-state index contributed by atoms with van der Waals surface area (Å²) in [6, 6.07) is 11.2. The SMILES string of the molecule is COCCNC(=O)CN(c1cc(OC)cc(OC)c1)c1ccc2ncc(-c3cnn(C)c3)nc2c1. The molecular weight excluding hydrogens is 448 g/mol. The van der Waals surface area contributed by atoms with Crippen molar-refractivity contribution in [1.82, 2.24) is 25.1 Å². The van der Waals surface area contributed by atoms with E-state index < -0.39 is 0 Å². The van der Waals surface area contributed by atoms with Gasteiger partial charge in [0.2, 0.25) is 5.91 Å². The molecule has 1 amide bonds. The van der Waals surface area contributed by atoms with E-state index in [2.05, 4.69) is 15.4 Å². The van der Waals surface area contributed by atoms with Crippen LogP contribution in [0, 0.1) is 0 Å². The Morgan fingerprint density at radius 2 is 1.77 bits per heavy atom. The fourth-order valence-corrected chi connectivity index (χ4v) is 3.63. The Bertz CT molecular complexity index is 1300. The molecule has 0 saturated heterocycles. The van der Waals surface area contributed by atoms with Crippen molar-refractivity contribution < 1.29 is 19.0 Å². The first-order valence-electron chi connectivity index (χ1n) is 11.0. The minimum atomic E-state index is -0.154. The fraction of sp³-hybridized carbons (Fsp3) is 0.280. The molecule has 10 heteroatoms. The number of amides is 1. The van der Waals surface area contributed by atoms with Crippen LogP contribution in [0.5, 0.6) is 11.5 Å². The Morgan fingerprint density at radius 1 is 1.00 bits per heavy atom. The number of nitrogens with one attached hydrogen (secondary N) is 1. The van der Waals surface area contributed by atoms with Gasteiger partial charge in [0.15, 0.2) is 0 Å². The maximum absolute atomic E-state index is 12.8. The van der Waals surface area contributed by atoms with Gasteiger partial charge in [0.25, 0.3) is 0 Å². The van der Waals surface area contributed by atoms with E-state index in [4.69, 9.17) is 19.2 Å². The summed E-state index contributed by atoms with van der Waals surface area (Å²) in [4.78, 5) is 24.0. The largest absolute Gasteiger partial charge is 0.497 e. The normalized spacial score (nSPS) is 10.9. The summed E-state index contributed by atoms with van der Waals surface area (Å²) in [5, 5.41) is 7.09. The van der Waals surface area contributed by atoms with Gasteiger partial charge in [0, 0.05) is 62.0 Å². The van der Waals surface area contributed by atoms with Gasteiger partial charge in [0.1, 0.15) is 18.0 Å². The van der Waals surface area contributed by atoms with Crippen molar-refractivity contribution >= 4 is 28.3 Å². The standard InChI is InChI=1S/C25H28N6O4/c1-30-15-17(13-28-30)24-14-27-22-6-5-18(11-23(22)29-24)31(16-25(32)26-7-8-33-2)19-9-20(34-3)12-21(10-19)35-4/h5-6,9-15H,7-8,16H2,1-4H3,(H,26,32). The summed E-state index contributed by atoms with van der Waals surface area (Å²) in [6.07, 6.45) is 5.37. The number of aromatic nitrogens is 4. The molecule has 0 aliphatic heterocycles. The second kappa shape index (κ2) is 10.8. The average molecular weight is 477 g/mol. The van der Waals surface area contributed by atoms with Crippen LogP contribution in [0.15, 0.2) is 55.0 Å². The predicted octanol–water partition coefficient (Wildman–Crippen LogP) is 2.95. The quantitative estimate of drug-likeness (QED) is 0.349. The van der Waals surface area contributed by atoms with Gasteiger partial charge in [-0.05, 0) is 18.2 Å². The highest BCUT2D eigenvalue weighted by Gasteiger charge is 2.17. The summed E-state index contributed by atoms with van der Waals surface area (Å²) >= 11 is 0. The monoisotopic (exact) mass is 476 g/mol. The molecule has 0 fully saturated rings. The first kappa shape index (κ1) is 24.0. The van der Waals surface area contributed by atoms with Crippen LogP contribution in [0.25, 0.3) is 22.3 Å². The average Bonchev–Trinajstić information content (AvgIpc) is 3.32. The Balaban J connectivity index is 1.75. The molecule has 0 radical (unpaired) electrons. The third-order valence-corrected chi connectivity index (χ3v) is 5.42. The van der Waals surface area contributed by atoms with Crippen molar-refractivity contribution in [1.29, 1.82) is 0 Å². The molecule has 0 atom stereocenters. The van der Waals surface area contributed by atoms with E-state index in [-0.39, 0.29) is 12.5 Å². The zero-order valence-corrected chi connectivity index (χ0v) is 20.2. The molecule has 10 nitrogen and oxygen atoms in total. The van der Waals surface area contributed by atoms with Crippen molar-refractivity contribution in [3.63, 3.8) is 0 Å². The number of carbonyl (C=O) groups is 1. The molecule has 4 aromatic rings. The van der Waals surface area contributed by atoms with Crippen LogP contribution in [-0.4, -0.2) is 66.7 Å². The third-order valence-electron chi connectivity index (χ3n) is 5.42. The number of carbonyl (C=O) groups excluding carboxylic acids is 1.